The third-order valence-corrected chi connectivity index (χ3v) is 6.93. The van der Waals surface area contributed by atoms with Crippen LogP contribution in [0.25, 0.3) is 10.9 Å². The molecule has 32 heavy (non-hydrogen) atoms. The maximum Gasteiger partial charge on any atom is 0.322 e. The second-order valence-electron chi connectivity index (χ2n) is 7.98. The number of rotatable bonds is 8. The molecule has 2 aromatic heterocycles. The van der Waals surface area contributed by atoms with Crippen molar-refractivity contribution in [1.29, 1.82) is 0 Å². The van der Waals surface area contributed by atoms with Crippen molar-refractivity contribution >= 4 is 20.9 Å². The number of ether oxygens (including phenoxy) is 1. The molecule has 0 spiro atoms. The van der Waals surface area contributed by atoms with E-state index in [1.807, 2.05) is 49.5 Å². The van der Waals surface area contributed by atoms with Crippen LogP contribution >= 0.6 is 0 Å². The molecule has 0 radical (unpaired) electrons. The average Bonchev–Trinajstić information content (AvgIpc) is 3.39. The smallest absolute Gasteiger partial charge is 0.322 e. The van der Waals surface area contributed by atoms with Gasteiger partial charge in [-0.15, -0.1) is 5.10 Å². The summed E-state index contributed by atoms with van der Waals surface area (Å²) in [6, 6.07) is 14.3. The number of H-pyrrole nitrogens is 1. The van der Waals surface area contributed by atoms with Crippen molar-refractivity contribution in [2.45, 2.75) is 51.1 Å². The van der Waals surface area contributed by atoms with Gasteiger partial charge in [0.05, 0.1) is 10.9 Å². The molecule has 2 N–H and O–H groups in total. The maximum absolute atomic E-state index is 12.9. The van der Waals surface area contributed by atoms with Gasteiger partial charge in [0.2, 0.25) is 10.0 Å². The SMILES string of the molecule is CCn1c(Oc2ccc3cc[nH]c3c2)nnc1[C@@H](C)NS(=O)(=O)c1ccc(C(C)C)cc1. The van der Waals surface area contributed by atoms with Gasteiger partial charge in [0.1, 0.15) is 5.75 Å². The Hall–Kier alpha value is -3.17. The fourth-order valence-electron chi connectivity index (χ4n) is 3.57. The molecule has 1 atom stereocenters. The van der Waals surface area contributed by atoms with Crippen LogP contribution in [0.2, 0.25) is 0 Å². The monoisotopic (exact) mass is 453 g/mol. The molecule has 9 heteroatoms. The minimum atomic E-state index is -3.72. The summed E-state index contributed by atoms with van der Waals surface area (Å²) in [4.78, 5) is 3.36. The largest absolute Gasteiger partial charge is 0.424 e. The predicted molar refractivity (Wildman–Crippen MR) is 123 cm³/mol. The number of nitrogens with zero attached hydrogens (tertiary/aromatic N) is 3. The molecule has 0 amide bonds. The standard InChI is InChI=1S/C23H27N5O3S/c1-5-28-22(16(4)27-32(29,30)20-10-7-17(8-11-20)15(2)3)25-26-23(28)31-19-9-6-18-12-13-24-21(18)14-19/h6-16,24,27H,5H2,1-4H3/t16-/m1/s1. The first kappa shape index (κ1) is 22.0. The second-order valence-corrected chi connectivity index (χ2v) is 9.69. The molecule has 8 nitrogen and oxygen atoms in total. The van der Waals surface area contributed by atoms with Gasteiger partial charge in [-0.2, -0.15) is 0 Å². The van der Waals surface area contributed by atoms with E-state index >= 15 is 0 Å². The van der Waals surface area contributed by atoms with Gasteiger partial charge >= 0.3 is 6.01 Å². The number of benzene rings is 2. The Balaban J connectivity index is 1.54. The van der Waals surface area contributed by atoms with Crippen LogP contribution in [0.3, 0.4) is 0 Å². The van der Waals surface area contributed by atoms with E-state index in [1.165, 1.54) is 0 Å². The van der Waals surface area contributed by atoms with Crippen LogP contribution < -0.4 is 9.46 Å². The second kappa shape index (κ2) is 8.76. The lowest BCUT2D eigenvalue weighted by atomic mass is 10.0. The zero-order chi connectivity index (χ0) is 22.9. The summed E-state index contributed by atoms with van der Waals surface area (Å²) >= 11 is 0. The Bertz CT molecular complexity index is 1320. The molecular formula is C23H27N5O3S. The van der Waals surface area contributed by atoms with E-state index in [2.05, 4.69) is 33.8 Å². The fraction of sp³-hybridized carbons (Fsp3) is 0.304. The first-order valence-electron chi connectivity index (χ1n) is 10.6. The number of hydrogen-bond donors (Lipinski definition) is 2. The molecule has 0 bridgehead atoms. The van der Waals surface area contributed by atoms with E-state index in [9.17, 15) is 8.42 Å². The summed E-state index contributed by atoms with van der Waals surface area (Å²) in [5.74, 6) is 1.43. The van der Waals surface area contributed by atoms with Crippen molar-refractivity contribution in [3.05, 3.63) is 66.1 Å². The Morgan fingerprint density at radius 3 is 2.50 bits per heavy atom. The van der Waals surface area contributed by atoms with Crippen molar-refractivity contribution in [2.75, 3.05) is 0 Å². The highest BCUT2D eigenvalue weighted by Gasteiger charge is 2.24. The van der Waals surface area contributed by atoms with Gasteiger partial charge < -0.3 is 9.72 Å². The highest BCUT2D eigenvalue weighted by molar-refractivity contribution is 7.89. The molecule has 168 valence electrons. The van der Waals surface area contributed by atoms with E-state index in [-0.39, 0.29) is 4.90 Å². The number of nitrogens with one attached hydrogen (secondary N) is 2. The molecule has 4 rings (SSSR count). The van der Waals surface area contributed by atoms with E-state index in [4.69, 9.17) is 4.74 Å². The van der Waals surface area contributed by atoms with Crippen molar-refractivity contribution in [3.63, 3.8) is 0 Å². The summed E-state index contributed by atoms with van der Waals surface area (Å²) in [5, 5.41) is 9.44. The van der Waals surface area contributed by atoms with Gasteiger partial charge in [0.25, 0.3) is 0 Å². The van der Waals surface area contributed by atoms with E-state index in [1.54, 1.807) is 23.6 Å². The Labute approximate surface area is 187 Å². The number of fused-ring (bicyclic) bond motifs is 1. The topological polar surface area (TPSA) is 102 Å². The van der Waals surface area contributed by atoms with Crippen LogP contribution in [0, 0.1) is 0 Å². The van der Waals surface area contributed by atoms with Gasteiger partial charge in [-0.05, 0) is 61.0 Å². The van der Waals surface area contributed by atoms with Crippen LogP contribution in [0.1, 0.15) is 51.0 Å². The van der Waals surface area contributed by atoms with Gasteiger partial charge in [-0.1, -0.05) is 31.1 Å². The molecule has 2 heterocycles. The normalized spacial score (nSPS) is 13.0. The van der Waals surface area contributed by atoms with Gasteiger partial charge in [-0.3, -0.25) is 4.57 Å². The summed E-state index contributed by atoms with van der Waals surface area (Å²) in [6.07, 6.45) is 1.87. The lowest BCUT2D eigenvalue weighted by Gasteiger charge is -2.16. The van der Waals surface area contributed by atoms with Crippen LogP contribution in [0.5, 0.6) is 11.8 Å². The number of aromatic nitrogens is 4. The van der Waals surface area contributed by atoms with Crippen LogP contribution in [0.4, 0.5) is 0 Å². The van der Waals surface area contributed by atoms with E-state index < -0.39 is 16.1 Å². The molecule has 0 aliphatic heterocycles. The average molecular weight is 454 g/mol. The first-order chi connectivity index (χ1) is 15.3. The van der Waals surface area contributed by atoms with Crippen molar-refractivity contribution < 1.29 is 13.2 Å². The third kappa shape index (κ3) is 4.39. The van der Waals surface area contributed by atoms with E-state index in [0.717, 1.165) is 16.5 Å². The molecule has 0 aliphatic rings. The molecular weight excluding hydrogens is 426 g/mol. The summed E-state index contributed by atoms with van der Waals surface area (Å²) in [6.45, 7) is 8.33. The third-order valence-electron chi connectivity index (χ3n) is 5.37. The lowest BCUT2D eigenvalue weighted by Crippen LogP contribution is -2.29. The first-order valence-corrected chi connectivity index (χ1v) is 12.1. The minimum absolute atomic E-state index is 0.215. The molecule has 0 unspecified atom stereocenters. The fourth-order valence-corrected chi connectivity index (χ4v) is 4.78. The molecule has 0 aliphatic carbocycles. The molecule has 0 saturated carbocycles. The van der Waals surface area contributed by atoms with Crippen LogP contribution in [-0.4, -0.2) is 28.2 Å². The number of hydrogen-bond acceptors (Lipinski definition) is 5. The zero-order valence-corrected chi connectivity index (χ0v) is 19.3. The molecule has 2 aromatic carbocycles. The van der Waals surface area contributed by atoms with E-state index in [0.29, 0.717) is 30.0 Å². The molecule has 0 saturated heterocycles. The van der Waals surface area contributed by atoms with Gasteiger partial charge in [-0.25, -0.2) is 13.1 Å². The predicted octanol–water partition coefficient (Wildman–Crippen LogP) is 4.73. The summed E-state index contributed by atoms with van der Waals surface area (Å²) < 4.78 is 36.2. The number of aromatic amines is 1. The zero-order valence-electron chi connectivity index (χ0n) is 18.5. The highest BCUT2D eigenvalue weighted by atomic mass is 32.2. The Kier molecular flexibility index (Phi) is 6.03. The van der Waals surface area contributed by atoms with Crippen molar-refractivity contribution in [3.8, 4) is 11.8 Å². The van der Waals surface area contributed by atoms with Crippen molar-refractivity contribution in [2.24, 2.45) is 0 Å². The van der Waals surface area contributed by atoms with Crippen LogP contribution in [0.15, 0.2) is 59.6 Å². The highest BCUT2D eigenvalue weighted by Crippen LogP contribution is 2.26. The van der Waals surface area contributed by atoms with Crippen molar-refractivity contribution in [1.82, 2.24) is 24.5 Å². The molecule has 4 aromatic rings. The molecule has 0 fully saturated rings. The van der Waals surface area contributed by atoms with Crippen LogP contribution in [-0.2, 0) is 16.6 Å². The maximum atomic E-state index is 12.9. The van der Waals surface area contributed by atoms with Gasteiger partial charge in [0, 0.05) is 24.3 Å². The summed E-state index contributed by atoms with van der Waals surface area (Å²) in [5.41, 5.74) is 2.04. The quantitative estimate of drug-likeness (QED) is 0.401. The Morgan fingerprint density at radius 2 is 1.81 bits per heavy atom. The number of sulfonamides is 1. The Morgan fingerprint density at radius 1 is 1.06 bits per heavy atom. The lowest BCUT2D eigenvalue weighted by molar-refractivity contribution is 0.408. The van der Waals surface area contributed by atoms with Gasteiger partial charge in [0.15, 0.2) is 5.82 Å². The minimum Gasteiger partial charge on any atom is -0.424 e. The summed E-state index contributed by atoms with van der Waals surface area (Å²) in [7, 11) is -3.72.